The van der Waals surface area contributed by atoms with Crippen LogP contribution in [0.4, 0.5) is 5.69 Å². The van der Waals surface area contributed by atoms with Gasteiger partial charge in [0.05, 0.1) is 5.75 Å². The highest BCUT2D eigenvalue weighted by Gasteiger charge is 2.16. The number of rotatable bonds is 4. The van der Waals surface area contributed by atoms with Crippen LogP contribution < -0.4 is 5.73 Å². The van der Waals surface area contributed by atoms with Crippen LogP contribution in [0.3, 0.4) is 0 Å². The van der Waals surface area contributed by atoms with Crippen molar-refractivity contribution in [3.05, 3.63) is 29.6 Å². The molecule has 0 saturated heterocycles. The smallest absolute Gasteiger partial charge is 0.258 e. The molecule has 0 radical (unpaired) electrons. The molecule has 1 heterocycles. The van der Waals surface area contributed by atoms with Gasteiger partial charge in [-0.05, 0) is 37.5 Å². The van der Waals surface area contributed by atoms with Crippen LogP contribution >= 0.6 is 11.8 Å². The van der Waals surface area contributed by atoms with E-state index in [1.165, 1.54) is 32.1 Å². The zero-order chi connectivity index (χ0) is 14.7. The average molecular weight is 303 g/mol. The Kier molecular flexibility index (Phi) is 4.48. The van der Waals surface area contributed by atoms with E-state index in [1.807, 2.05) is 36.9 Å². The Bertz CT molecular complexity index is 605. The van der Waals surface area contributed by atoms with Gasteiger partial charge >= 0.3 is 0 Å². The van der Waals surface area contributed by atoms with Crippen LogP contribution in [0.5, 0.6) is 0 Å². The van der Waals surface area contributed by atoms with E-state index in [0.717, 1.165) is 28.0 Å². The molecule has 21 heavy (non-hydrogen) atoms. The number of thioether (sulfide) groups is 1. The lowest BCUT2D eigenvalue weighted by atomic mass is 10.0. The standard InChI is InChI=1S/C16H21N3OS/c1-11-7-8-12(17)9-14(11)16-18-15(19-20-16)10-21-13-5-3-2-4-6-13/h7-9,13H,2-6,10,17H2,1H3. The number of hydrogen-bond donors (Lipinski definition) is 1. The van der Waals surface area contributed by atoms with Crippen molar-refractivity contribution in [3.8, 4) is 11.5 Å². The van der Waals surface area contributed by atoms with Crippen molar-refractivity contribution in [3.63, 3.8) is 0 Å². The molecule has 4 nitrogen and oxygen atoms in total. The van der Waals surface area contributed by atoms with Crippen LogP contribution in [0.25, 0.3) is 11.5 Å². The fourth-order valence-electron chi connectivity index (χ4n) is 2.72. The molecule has 112 valence electrons. The number of aryl methyl sites for hydroxylation is 1. The SMILES string of the molecule is Cc1ccc(N)cc1-c1nc(CSC2CCCCC2)no1. The molecule has 1 aromatic carbocycles. The topological polar surface area (TPSA) is 64.9 Å². The minimum Gasteiger partial charge on any atom is -0.399 e. The summed E-state index contributed by atoms with van der Waals surface area (Å²) in [4.78, 5) is 4.51. The predicted octanol–water partition coefficient (Wildman–Crippen LogP) is 4.19. The number of nitrogens with two attached hydrogens (primary N) is 1. The Hall–Kier alpha value is -1.49. The second-order valence-corrected chi connectivity index (χ2v) is 6.95. The van der Waals surface area contributed by atoms with Gasteiger partial charge in [-0.3, -0.25) is 0 Å². The van der Waals surface area contributed by atoms with E-state index in [9.17, 15) is 0 Å². The van der Waals surface area contributed by atoms with Crippen molar-refractivity contribution >= 4 is 17.4 Å². The zero-order valence-corrected chi connectivity index (χ0v) is 13.2. The zero-order valence-electron chi connectivity index (χ0n) is 12.3. The fourth-order valence-corrected chi connectivity index (χ4v) is 3.88. The van der Waals surface area contributed by atoms with Gasteiger partial charge in [-0.25, -0.2) is 0 Å². The van der Waals surface area contributed by atoms with E-state index >= 15 is 0 Å². The first-order valence-corrected chi connectivity index (χ1v) is 8.58. The summed E-state index contributed by atoms with van der Waals surface area (Å²) in [6.45, 7) is 2.02. The Morgan fingerprint density at radius 2 is 2.10 bits per heavy atom. The van der Waals surface area contributed by atoms with Gasteiger partial charge in [0.2, 0.25) is 0 Å². The van der Waals surface area contributed by atoms with Gasteiger partial charge < -0.3 is 10.3 Å². The second kappa shape index (κ2) is 6.52. The maximum absolute atomic E-state index is 5.83. The Morgan fingerprint density at radius 1 is 1.29 bits per heavy atom. The molecule has 0 unspecified atom stereocenters. The Labute approximate surface area is 129 Å². The summed E-state index contributed by atoms with van der Waals surface area (Å²) in [6, 6.07) is 5.75. The normalized spacial score (nSPS) is 16.2. The first-order valence-electron chi connectivity index (χ1n) is 7.53. The second-order valence-electron chi connectivity index (χ2n) is 5.66. The summed E-state index contributed by atoms with van der Waals surface area (Å²) in [6.07, 6.45) is 6.75. The van der Waals surface area contributed by atoms with Crippen LogP contribution in [0.2, 0.25) is 0 Å². The number of nitrogens with zero attached hydrogens (tertiary/aromatic N) is 2. The first-order chi connectivity index (χ1) is 10.2. The van der Waals surface area contributed by atoms with Crippen molar-refractivity contribution in [2.75, 3.05) is 5.73 Å². The maximum atomic E-state index is 5.83. The fraction of sp³-hybridized carbons (Fsp3) is 0.500. The summed E-state index contributed by atoms with van der Waals surface area (Å²) in [7, 11) is 0. The summed E-state index contributed by atoms with van der Waals surface area (Å²) in [5.41, 5.74) is 8.57. The lowest BCUT2D eigenvalue weighted by Crippen LogP contribution is -2.08. The summed E-state index contributed by atoms with van der Waals surface area (Å²) in [5.74, 6) is 2.18. The number of benzene rings is 1. The van der Waals surface area contributed by atoms with Gasteiger partial charge in [-0.2, -0.15) is 16.7 Å². The van der Waals surface area contributed by atoms with Crippen molar-refractivity contribution in [2.45, 2.75) is 50.0 Å². The lowest BCUT2D eigenvalue weighted by Gasteiger charge is -2.19. The Balaban J connectivity index is 1.66. The van der Waals surface area contributed by atoms with Crippen LogP contribution in [0.1, 0.15) is 43.5 Å². The molecule has 1 aromatic heterocycles. The molecule has 3 rings (SSSR count). The number of hydrogen-bond acceptors (Lipinski definition) is 5. The van der Waals surface area contributed by atoms with Gasteiger partial charge in [0.1, 0.15) is 0 Å². The molecule has 5 heteroatoms. The molecular formula is C16H21N3OS. The third kappa shape index (κ3) is 3.59. The summed E-state index contributed by atoms with van der Waals surface area (Å²) >= 11 is 1.96. The molecule has 0 atom stereocenters. The van der Waals surface area contributed by atoms with Crippen LogP contribution in [0.15, 0.2) is 22.7 Å². The van der Waals surface area contributed by atoms with Crippen LogP contribution in [-0.4, -0.2) is 15.4 Å². The molecule has 0 bridgehead atoms. The molecule has 0 aliphatic heterocycles. The highest BCUT2D eigenvalue weighted by Crippen LogP contribution is 2.30. The van der Waals surface area contributed by atoms with Gasteiger partial charge in [0, 0.05) is 16.5 Å². The molecule has 1 aliphatic rings. The minimum atomic E-state index is 0.569. The minimum absolute atomic E-state index is 0.569. The lowest BCUT2D eigenvalue weighted by molar-refractivity contribution is 0.425. The van der Waals surface area contributed by atoms with E-state index in [4.69, 9.17) is 10.3 Å². The van der Waals surface area contributed by atoms with Crippen molar-refractivity contribution < 1.29 is 4.52 Å². The molecule has 2 N–H and O–H groups in total. The van der Waals surface area contributed by atoms with E-state index in [0.29, 0.717) is 11.6 Å². The highest BCUT2D eigenvalue weighted by atomic mass is 32.2. The number of anilines is 1. The van der Waals surface area contributed by atoms with Crippen molar-refractivity contribution in [1.82, 2.24) is 10.1 Å². The number of nitrogen functional groups attached to an aromatic ring is 1. The molecule has 2 aromatic rings. The third-order valence-corrected chi connectivity index (χ3v) is 5.33. The molecule has 0 amide bonds. The van der Waals surface area contributed by atoms with Crippen LogP contribution in [0, 0.1) is 6.92 Å². The van der Waals surface area contributed by atoms with Crippen molar-refractivity contribution in [1.29, 1.82) is 0 Å². The largest absolute Gasteiger partial charge is 0.399 e. The predicted molar refractivity (Wildman–Crippen MR) is 87.1 cm³/mol. The molecule has 1 aliphatic carbocycles. The summed E-state index contributed by atoms with van der Waals surface area (Å²) in [5, 5.41) is 4.86. The van der Waals surface area contributed by atoms with Crippen LogP contribution in [-0.2, 0) is 5.75 Å². The average Bonchev–Trinajstić information content (AvgIpc) is 2.97. The van der Waals surface area contributed by atoms with Gasteiger partial charge in [0.25, 0.3) is 5.89 Å². The molecular weight excluding hydrogens is 282 g/mol. The monoisotopic (exact) mass is 303 g/mol. The van der Waals surface area contributed by atoms with Gasteiger partial charge in [-0.1, -0.05) is 30.5 Å². The van der Waals surface area contributed by atoms with E-state index in [-0.39, 0.29) is 0 Å². The van der Waals surface area contributed by atoms with Crippen molar-refractivity contribution in [2.24, 2.45) is 0 Å². The quantitative estimate of drug-likeness (QED) is 0.858. The Morgan fingerprint density at radius 3 is 2.90 bits per heavy atom. The maximum Gasteiger partial charge on any atom is 0.258 e. The van der Waals surface area contributed by atoms with E-state index < -0.39 is 0 Å². The first kappa shape index (κ1) is 14.4. The van der Waals surface area contributed by atoms with E-state index in [2.05, 4.69) is 10.1 Å². The van der Waals surface area contributed by atoms with Gasteiger partial charge in [-0.15, -0.1) is 0 Å². The van der Waals surface area contributed by atoms with Gasteiger partial charge in [0.15, 0.2) is 5.82 Å². The molecule has 0 spiro atoms. The number of aromatic nitrogens is 2. The third-order valence-electron chi connectivity index (χ3n) is 3.96. The summed E-state index contributed by atoms with van der Waals surface area (Å²) < 4.78 is 5.40. The molecule has 1 saturated carbocycles. The highest BCUT2D eigenvalue weighted by molar-refractivity contribution is 7.99. The molecule has 1 fully saturated rings. The van der Waals surface area contributed by atoms with E-state index in [1.54, 1.807) is 0 Å².